The lowest BCUT2D eigenvalue weighted by Crippen LogP contribution is -2.49. The Balaban J connectivity index is 1.63. The summed E-state index contributed by atoms with van der Waals surface area (Å²) in [4.78, 5) is 20.6. The van der Waals surface area contributed by atoms with Gasteiger partial charge in [-0.2, -0.15) is 0 Å². The molecular formula is C14H14BrN3O2. The molecule has 1 aliphatic rings. The summed E-state index contributed by atoms with van der Waals surface area (Å²) in [7, 11) is 0. The van der Waals surface area contributed by atoms with Gasteiger partial charge in [-0.15, -0.1) is 0 Å². The van der Waals surface area contributed by atoms with Crippen LogP contribution in [0.2, 0.25) is 0 Å². The fourth-order valence-corrected chi connectivity index (χ4v) is 2.56. The molecule has 0 saturated carbocycles. The Morgan fingerprint density at radius 1 is 1.25 bits per heavy atom. The minimum absolute atomic E-state index is 0.0589. The molecule has 104 valence electrons. The summed E-state index contributed by atoms with van der Waals surface area (Å²) in [5, 5.41) is 0. The Labute approximate surface area is 125 Å². The minimum Gasteiger partial charge on any atom is -0.458 e. The molecule has 0 atom stereocenters. The predicted octanol–water partition coefficient (Wildman–Crippen LogP) is 2.40. The van der Waals surface area contributed by atoms with Crippen LogP contribution < -0.4 is 4.90 Å². The molecule has 5 nitrogen and oxygen atoms in total. The average molecular weight is 336 g/mol. The average Bonchev–Trinajstić information content (AvgIpc) is 2.94. The Kier molecular flexibility index (Phi) is 3.73. The second kappa shape index (κ2) is 5.66. The summed E-state index contributed by atoms with van der Waals surface area (Å²) in [6.07, 6.45) is 3.31. The van der Waals surface area contributed by atoms with E-state index in [-0.39, 0.29) is 5.91 Å². The summed E-state index contributed by atoms with van der Waals surface area (Å²) in [6.45, 7) is 2.91. The number of furan rings is 1. The first-order chi connectivity index (χ1) is 9.74. The molecule has 3 rings (SSSR count). The second-order valence-corrected chi connectivity index (χ2v) is 5.51. The molecule has 1 aliphatic heterocycles. The molecule has 0 radical (unpaired) electrons. The van der Waals surface area contributed by atoms with Crippen LogP contribution in [0.5, 0.6) is 0 Å². The normalized spacial score (nSPS) is 15.4. The quantitative estimate of drug-likeness (QED) is 0.845. The van der Waals surface area contributed by atoms with Crippen molar-refractivity contribution in [1.82, 2.24) is 9.88 Å². The molecule has 0 aliphatic carbocycles. The molecule has 20 heavy (non-hydrogen) atoms. The molecule has 0 unspecified atom stereocenters. The molecule has 1 fully saturated rings. The van der Waals surface area contributed by atoms with Crippen LogP contribution >= 0.6 is 15.9 Å². The lowest BCUT2D eigenvalue weighted by molar-refractivity contribution is 0.0714. The van der Waals surface area contributed by atoms with Crippen molar-refractivity contribution >= 4 is 27.7 Å². The molecule has 2 aromatic heterocycles. The Morgan fingerprint density at radius 2 is 2.05 bits per heavy atom. The van der Waals surface area contributed by atoms with E-state index in [0.29, 0.717) is 18.8 Å². The SMILES string of the molecule is O=C(c1cc(Br)co1)N1CCN(c2ccccn2)CC1. The number of hydrogen-bond donors (Lipinski definition) is 0. The van der Waals surface area contributed by atoms with E-state index in [1.165, 1.54) is 6.26 Å². The number of carbonyl (C=O) groups is 1. The van der Waals surface area contributed by atoms with Crippen molar-refractivity contribution in [3.63, 3.8) is 0 Å². The van der Waals surface area contributed by atoms with Crippen molar-refractivity contribution in [3.05, 3.63) is 47.0 Å². The predicted molar refractivity (Wildman–Crippen MR) is 78.8 cm³/mol. The zero-order valence-electron chi connectivity index (χ0n) is 10.8. The summed E-state index contributed by atoms with van der Waals surface area (Å²) in [6, 6.07) is 7.56. The fourth-order valence-electron chi connectivity index (χ4n) is 2.26. The monoisotopic (exact) mass is 335 g/mol. The van der Waals surface area contributed by atoms with E-state index >= 15 is 0 Å². The maximum Gasteiger partial charge on any atom is 0.289 e. The first-order valence-corrected chi connectivity index (χ1v) is 7.22. The first-order valence-electron chi connectivity index (χ1n) is 6.43. The number of rotatable bonds is 2. The molecule has 0 spiro atoms. The summed E-state index contributed by atoms with van der Waals surface area (Å²) in [5.74, 6) is 1.28. The van der Waals surface area contributed by atoms with Gasteiger partial charge in [0.15, 0.2) is 5.76 Å². The van der Waals surface area contributed by atoms with E-state index in [9.17, 15) is 4.79 Å². The summed E-state index contributed by atoms with van der Waals surface area (Å²) in [5.41, 5.74) is 0. The summed E-state index contributed by atoms with van der Waals surface area (Å²) < 4.78 is 6.01. The van der Waals surface area contributed by atoms with Gasteiger partial charge in [0.1, 0.15) is 12.1 Å². The van der Waals surface area contributed by atoms with Crippen LogP contribution in [0.15, 0.2) is 45.6 Å². The molecule has 1 saturated heterocycles. The largest absolute Gasteiger partial charge is 0.458 e. The van der Waals surface area contributed by atoms with Gasteiger partial charge in [-0.05, 0) is 28.1 Å². The number of amides is 1. The van der Waals surface area contributed by atoms with Crippen molar-refractivity contribution in [2.45, 2.75) is 0 Å². The minimum atomic E-state index is -0.0589. The third-order valence-electron chi connectivity index (χ3n) is 3.32. The summed E-state index contributed by atoms with van der Waals surface area (Å²) >= 11 is 3.28. The van der Waals surface area contributed by atoms with Crippen molar-refractivity contribution < 1.29 is 9.21 Å². The van der Waals surface area contributed by atoms with E-state index in [0.717, 1.165) is 23.4 Å². The van der Waals surface area contributed by atoms with Gasteiger partial charge < -0.3 is 14.2 Å². The highest BCUT2D eigenvalue weighted by molar-refractivity contribution is 9.10. The van der Waals surface area contributed by atoms with Crippen LogP contribution in [0.4, 0.5) is 5.82 Å². The maximum atomic E-state index is 12.2. The van der Waals surface area contributed by atoms with Crippen LogP contribution in [-0.2, 0) is 0 Å². The highest BCUT2D eigenvalue weighted by Gasteiger charge is 2.24. The first kappa shape index (κ1) is 13.2. The Bertz CT molecular complexity index is 591. The third kappa shape index (κ3) is 2.70. The molecule has 0 bridgehead atoms. The zero-order valence-corrected chi connectivity index (χ0v) is 12.4. The number of hydrogen-bond acceptors (Lipinski definition) is 4. The van der Waals surface area contributed by atoms with Crippen LogP contribution in [0.1, 0.15) is 10.6 Å². The van der Waals surface area contributed by atoms with Gasteiger partial charge in [0.05, 0.1) is 4.47 Å². The molecule has 2 aromatic rings. The molecule has 6 heteroatoms. The van der Waals surface area contributed by atoms with Crippen LogP contribution in [0.3, 0.4) is 0 Å². The van der Waals surface area contributed by atoms with Gasteiger partial charge in [-0.25, -0.2) is 4.98 Å². The lowest BCUT2D eigenvalue weighted by Gasteiger charge is -2.34. The van der Waals surface area contributed by atoms with Crippen LogP contribution in [-0.4, -0.2) is 42.0 Å². The number of carbonyl (C=O) groups excluding carboxylic acids is 1. The zero-order chi connectivity index (χ0) is 13.9. The van der Waals surface area contributed by atoms with Gasteiger partial charge in [0.2, 0.25) is 0 Å². The van der Waals surface area contributed by atoms with E-state index in [2.05, 4.69) is 25.8 Å². The van der Waals surface area contributed by atoms with Crippen molar-refractivity contribution in [1.29, 1.82) is 0 Å². The van der Waals surface area contributed by atoms with E-state index in [1.807, 2.05) is 23.1 Å². The highest BCUT2D eigenvalue weighted by atomic mass is 79.9. The Hall–Kier alpha value is -1.82. The number of anilines is 1. The van der Waals surface area contributed by atoms with Crippen molar-refractivity contribution in [3.8, 4) is 0 Å². The molecule has 0 N–H and O–H groups in total. The van der Waals surface area contributed by atoms with Gasteiger partial charge in [-0.3, -0.25) is 4.79 Å². The smallest absolute Gasteiger partial charge is 0.289 e. The molecule has 1 amide bonds. The number of nitrogens with zero attached hydrogens (tertiary/aromatic N) is 3. The second-order valence-electron chi connectivity index (χ2n) is 4.60. The third-order valence-corrected chi connectivity index (χ3v) is 3.73. The molecular weight excluding hydrogens is 322 g/mol. The fraction of sp³-hybridized carbons (Fsp3) is 0.286. The van der Waals surface area contributed by atoms with Crippen molar-refractivity contribution in [2.75, 3.05) is 31.1 Å². The van der Waals surface area contributed by atoms with Gasteiger partial charge in [0.25, 0.3) is 5.91 Å². The van der Waals surface area contributed by atoms with Crippen LogP contribution in [0.25, 0.3) is 0 Å². The van der Waals surface area contributed by atoms with Crippen LogP contribution in [0, 0.1) is 0 Å². The number of piperazine rings is 1. The Morgan fingerprint density at radius 3 is 2.65 bits per heavy atom. The number of pyridine rings is 1. The van der Waals surface area contributed by atoms with E-state index in [1.54, 1.807) is 12.3 Å². The number of halogens is 1. The highest BCUT2D eigenvalue weighted by Crippen LogP contribution is 2.18. The van der Waals surface area contributed by atoms with Gasteiger partial charge >= 0.3 is 0 Å². The molecule has 0 aromatic carbocycles. The van der Waals surface area contributed by atoms with Gasteiger partial charge in [-0.1, -0.05) is 6.07 Å². The van der Waals surface area contributed by atoms with E-state index < -0.39 is 0 Å². The molecule has 3 heterocycles. The standard InChI is InChI=1S/C14H14BrN3O2/c15-11-9-12(20-10-11)14(19)18-7-5-17(6-8-18)13-3-1-2-4-16-13/h1-4,9-10H,5-8H2. The number of aromatic nitrogens is 1. The van der Waals surface area contributed by atoms with Crippen molar-refractivity contribution in [2.24, 2.45) is 0 Å². The van der Waals surface area contributed by atoms with E-state index in [4.69, 9.17) is 4.42 Å². The maximum absolute atomic E-state index is 12.2. The lowest BCUT2D eigenvalue weighted by atomic mass is 10.2. The van der Waals surface area contributed by atoms with Gasteiger partial charge in [0, 0.05) is 38.4 Å². The topological polar surface area (TPSA) is 49.6 Å².